The molecule has 2 aromatic carbocycles. The fourth-order valence-corrected chi connectivity index (χ4v) is 3.96. The molecule has 7 heteroatoms. The second-order valence-corrected chi connectivity index (χ2v) is 7.77. The molecule has 1 aliphatic heterocycles. The Morgan fingerprint density at radius 3 is 2.48 bits per heavy atom. The molecule has 0 bridgehead atoms. The van der Waals surface area contributed by atoms with Crippen LogP contribution >= 0.6 is 0 Å². The van der Waals surface area contributed by atoms with E-state index in [1.807, 2.05) is 0 Å². The number of imide groups is 2. The molecule has 2 aliphatic rings. The third kappa shape index (κ3) is 4.82. The quantitative estimate of drug-likeness (QED) is 0.579. The van der Waals surface area contributed by atoms with Gasteiger partial charge in [-0.25, -0.2) is 9.18 Å². The lowest BCUT2D eigenvalue weighted by atomic mass is 9.93. The van der Waals surface area contributed by atoms with E-state index in [1.54, 1.807) is 36.4 Å². The summed E-state index contributed by atoms with van der Waals surface area (Å²) in [5, 5.41) is 2.29. The van der Waals surface area contributed by atoms with Gasteiger partial charge < -0.3 is 4.74 Å². The molecule has 0 radical (unpaired) electrons. The molecule has 1 saturated heterocycles. The van der Waals surface area contributed by atoms with E-state index < -0.39 is 17.8 Å². The molecule has 0 spiro atoms. The van der Waals surface area contributed by atoms with Crippen molar-refractivity contribution in [3.63, 3.8) is 0 Å². The number of hydrogen-bond donors (Lipinski definition) is 1. The molecule has 0 aromatic heterocycles. The van der Waals surface area contributed by atoms with E-state index in [9.17, 15) is 18.8 Å². The molecule has 0 atom stereocenters. The van der Waals surface area contributed by atoms with Crippen LogP contribution in [-0.4, -0.2) is 28.8 Å². The van der Waals surface area contributed by atoms with E-state index in [2.05, 4.69) is 5.32 Å². The Morgan fingerprint density at radius 1 is 1.03 bits per heavy atom. The Kier molecular flexibility index (Phi) is 6.11. The average Bonchev–Trinajstić information content (AvgIpc) is 2.77. The molecule has 1 heterocycles. The topological polar surface area (TPSA) is 75.7 Å². The van der Waals surface area contributed by atoms with Crippen molar-refractivity contribution >= 4 is 23.9 Å². The number of ether oxygens (including phenoxy) is 1. The van der Waals surface area contributed by atoms with Gasteiger partial charge in [0.25, 0.3) is 11.8 Å². The van der Waals surface area contributed by atoms with Gasteiger partial charge in [-0.2, -0.15) is 0 Å². The third-order valence-corrected chi connectivity index (χ3v) is 5.56. The van der Waals surface area contributed by atoms with Crippen LogP contribution < -0.4 is 10.1 Å². The smallest absolute Gasteiger partial charge is 0.331 e. The highest BCUT2D eigenvalue weighted by Gasteiger charge is 2.40. The Balaban J connectivity index is 1.47. The number of hydrogen-bond acceptors (Lipinski definition) is 4. The van der Waals surface area contributed by atoms with E-state index in [0.29, 0.717) is 16.9 Å². The zero-order chi connectivity index (χ0) is 21.8. The van der Waals surface area contributed by atoms with E-state index in [0.717, 1.165) is 32.1 Å². The molecule has 1 saturated carbocycles. The van der Waals surface area contributed by atoms with Crippen LogP contribution in [0.15, 0.2) is 54.1 Å². The number of rotatable bonds is 5. The molecule has 31 heavy (non-hydrogen) atoms. The largest absolute Gasteiger partial charge is 0.489 e. The van der Waals surface area contributed by atoms with Crippen molar-refractivity contribution < 1.29 is 23.5 Å². The van der Waals surface area contributed by atoms with Crippen molar-refractivity contribution in [1.29, 1.82) is 0 Å². The van der Waals surface area contributed by atoms with E-state index in [4.69, 9.17) is 4.74 Å². The van der Waals surface area contributed by atoms with Gasteiger partial charge in [0, 0.05) is 6.04 Å². The fraction of sp³-hybridized carbons (Fsp3) is 0.292. The van der Waals surface area contributed by atoms with Crippen LogP contribution in [0.2, 0.25) is 0 Å². The maximum Gasteiger partial charge on any atom is 0.331 e. The van der Waals surface area contributed by atoms with Gasteiger partial charge in [-0.15, -0.1) is 0 Å². The number of nitrogens with one attached hydrogen (secondary N) is 1. The van der Waals surface area contributed by atoms with Gasteiger partial charge >= 0.3 is 6.03 Å². The SMILES string of the molecule is O=C1NC(=O)N(C2CCCCC2)C(=O)C1=Cc1ccc(OCc2cccc(F)c2)cc1. The Labute approximate surface area is 179 Å². The summed E-state index contributed by atoms with van der Waals surface area (Å²) in [6.07, 6.45) is 6.03. The van der Waals surface area contributed by atoms with Gasteiger partial charge in [0.15, 0.2) is 0 Å². The maximum atomic E-state index is 13.3. The van der Waals surface area contributed by atoms with Crippen molar-refractivity contribution in [2.45, 2.75) is 44.8 Å². The molecule has 4 rings (SSSR count). The second kappa shape index (κ2) is 9.12. The van der Waals surface area contributed by atoms with Crippen LogP contribution in [0.3, 0.4) is 0 Å². The minimum atomic E-state index is -0.687. The minimum Gasteiger partial charge on any atom is -0.489 e. The van der Waals surface area contributed by atoms with E-state index in [1.165, 1.54) is 23.1 Å². The van der Waals surface area contributed by atoms with Crippen LogP contribution in [0, 0.1) is 5.82 Å². The molecule has 2 aromatic rings. The van der Waals surface area contributed by atoms with Crippen LogP contribution in [0.25, 0.3) is 6.08 Å². The predicted octanol–water partition coefficient (Wildman–Crippen LogP) is 4.20. The number of carbonyl (C=O) groups is 3. The molecular formula is C24H23FN2O4. The van der Waals surface area contributed by atoms with Crippen molar-refractivity contribution in [1.82, 2.24) is 10.2 Å². The number of urea groups is 1. The lowest BCUT2D eigenvalue weighted by Gasteiger charge is -2.35. The summed E-state index contributed by atoms with van der Waals surface area (Å²) in [6.45, 7) is 0.220. The first-order valence-corrected chi connectivity index (χ1v) is 10.4. The number of benzene rings is 2. The van der Waals surface area contributed by atoms with Gasteiger partial charge in [0.2, 0.25) is 0 Å². The van der Waals surface area contributed by atoms with Crippen LogP contribution in [-0.2, 0) is 16.2 Å². The van der Waals surface area contributed by atoms with Crippen LogP contribution in [0.1, 0.15) is 43.2 Å². The zero-order valence-corrected chi connectivity index (χ0v) is 17.0. The van der Waals surface area contributed by atoms with Crippen molar-refractivity contribution in [2.24, 2.45) is 0 Å². The monoisotopic (exact) mass is 422 g/mol. The second-order valence-electron chi connectivity index (χ2n) is 7.77. The number of halogens is 1. The molecule has 2 fully saturated rings. The summed E-state index contributed by atoms with van der Waals surface area (Å²) in [4.78, 5) is 38.7. The summed E-state index contributed by atoms with van der Waals surface area (Å²) in [7, 11) is 0. The normalized spacial score (nSPS) is 18.9. The molecule has 1 aliphatic carbocycles. The number of carbonyl (C=O) groups excluding carboxylic acids is 3. The first-order valence-electron chi connectivity index (χ1n) is 10.4. The number of barbiturate groups is 1. The standard InChI is InChI=1S/C24H23FN2O4/c25-18-6-4-5-17(13-18)15-31-20-11-9-16(10-12-20)14-21-22(28)26-24(30)27(23(21)29)19-7-2-1-3-8-19/h4-6,9-14,19H,1-3,7-8,15H2,(H,26,28,30). The molecule has 160 valence electrons. The van der Waals surface area contributed by atoms with E-state index >= 15 is 0 Å². The Hall–Kier alpha value is -3.48. The van der Waals surface area contributed by atoms with Gasteiger partial charge in [0.05, 0.1) is 0 Å². The highest BCUT2D eigenvalue weighted by molar-refractivity contribution is 6.31. The maximum absolute atomic E-state index is 13.3. The zero-order valence-electron chi connectivity index (χ0n) is 17.0. The first kappa shape index (κ1) is 20.8. The molecule has 6 nitrogen and oxygen atoms in total. The van der Waals surface area contributed by atoms with Gasteiger partial charge in [0.1, 0.15) is 23.7 Å². The lowest BCUT2D eigenvalue weighted by Crippen LogP contribution is -2.58. The van der Waals surface area contributed by atoms with Gasteiger partial charge in [-0.05, 0) is 54.3 Å². The molecule has 1 N–H and O–H groups in total. The van der Waals surface area contributed by atoms with Crippen LogP contribution in [0.5, 0.6) is 5.75 Å². The van der Waals surface area contributed by atoms with Crippen molar-refractivity contribution in [3.8, 4) is 5.75 Å². The van der Waals surface area contributed by atoms with Crippen molar-refractivity contribution in [3.05, 3.63) is 71.0 Å². The van der Waals surface area contributed by atoms with Gasteiger partial charge in [-0.3, -0.25) is 19.8 Å². The molecule has 4 amide bonds. The summed E-state index contributed by atoms with van der Waals surface area (Å²) >= 11 is 0. The number of nitrogens with zero attached hydrogens (tertiary/aromatic N) is 1. The summed E-state index contributed by atoms with van der Waals surface area (Å²) < 4.78 is 18.9. The first-order chi connectivity index (χ1) is 15.0. The minimum absolute atomic E-state index is 0.0568. The molecule has 0 unspecified atom stereocenters. The summed E-state index contributed by atoms with van der Waals surface area (Å²) in [5.41, 5.74) is 1.29. The Bertz CT molecular complexity index is 1030. The highest BCUT2D eigenvalue weighted by Crippen LogP contribution is 2.26. The number of amides is 4. The van der Waals surface area contributed by atoms with Crippen LogP contribution in [0.4, 0.5) is 9.18 Å². The van der Waals surface area contributed by atoms with E-state index in [-0.39, 0.29) is 24.0 Å². The van der Waals surface area contributed by atoms with Gasteiger partial charge in [-0.1, -0.05) is 43.5 Å². The highest BCUT2D eigenvalue weighted by atomic mass is 19.1. The third-order valence-electron chi connectivity index (χ3n) is 5.56. The van der Waals surface area contributed by atoms with Crippen molar-refractivity contribution in [2.75, 3.05) is 0 Å². The molecular weight excluding hydrogens is 399 g/mol. The summed E-state index contributed by atoms with van der Waals surface area (Å²) in [6, 6.07) is 12.2. The fourth-order valence-electron chi connectivity index (χ4n) is 3.96. The lowest BCUT2D eigenvalue weighted by molar-refractivity contribution is -0.132. The average molecular weight is 422 g/mol. The predicted molar refractivity (Wildman–Crippen MR) is 112 cm³/mol. The Morgan fingerprint density at radius 2 is 1.77 bits per heavy atom. The summed E-state index contributed by atoms with van der Waals surface area (Å²) in [5.74, 6) is -0.982.